The van der Waals surface area contributed by atoms with Crippen molar-refractivity contribution < 1.29 is 24.2 Å². The fourth-order valence-corrected chi connectivity index (χ4v) is 1.60. The lowest BCUT2D eigenvalue weighted by Gasteiger charge is -2.22. The lowest BCUT2D eigenvalue weighted by atomic mass is 10.1. The van der Waals surface area contributed by atoms with Gasteiger partial charge in [0, 0.05) is 26.2 Å². The zero-order valence-corrected chi connectivity index (χ0v) is 10.7. The van der Waals surface area contributed by atoms with Gasteiger partial charge in [-0.05, 0) is 12.8 Å². The Kier molecular flexibility index (Phi) is 6.67. The minimum atomic E-state index is -0.909. The van der Waals surface area contributed by atoms with Crippen LogP contribution in [0.2, 0.25) is 0 Å². The van der Waals surface area contributed by atoms with Crippen molar-refractivity contribution in [1.82, 2.24) is 5.32 Å². The molecule has 1 amide bonds. The highest BCUT2D eigenvalue weighted by Crippen LogP contribution is 2.10. The van der Waals surface area contributed by atoms with Crippen LogP contribution in [-0.2, 0) is 19.1 Å². The summed E-state index contributed by atoms with van der Waals surface area (Å²) in [5, 5.41) is 11.2. The van der Waals surface area contributed by atoms with Crippen LogP contribution in [0.25, 0.3) is 0 Å². The maximum atomic E-state index is 11.4. The molecule has 0 spiro atoms. The molecule has 2 N–H and O–H groups in total. The van der Waals surface area contributed by atoms with Gasteiger partial charge in [0.25, 0.3) is 0 Å². The summed E-state index contributed by atoms with van der Waals surface area (Å²) in [7, 11) is 0. The van der Waals surface area contributed by atoms with E-state index >= 15 is 0 Å². The monoisotopic (exact) mass is 259 g/mol. The lowest BCUT2D eigenvalue weighted by Crippen LogP contribution is -2.32. The van der Waals surface area contributed by atoms with Crippen LogP contribution in [0.3, 0.4) is 0 Å². The highest BCUT2D eigenvalue weighted by molar-refractivity contribution is 5.77. The normalized spacial score (nSPS) is 18.3. The van der Waals surface area contributed by atoms with Crippen LogP contribution >= 0.6 is 0 Å². The molecule has 0 bridgehead atoms. The average Bonchev–Trinajstić information content (AvgIpc) is 2.37. The van der Waals surface area contributed by atoms with Gasteiger partial charge in [-0.1, -0.05) is 6.92 Å². The molecule has 0 radical (unpaired) electrons. The summed E-state index contributed by atoms with van der Waals surface area (Å²) >= 11 is 0. The Bertz CT molecular complexity index is 276. The molecule has 6 nitrogen and oxygen atoms in total. The van der Waals surface area contributed by atoms with Crippen LogP contribution in [0.1, 0.15) is 26.2 Å². The third-order valence-electron chi connectivity index (χ3n) is 2.88. The van der Waals surface area contributed by atoms with E-state index in [2.05, 4.69) is 5.32 Å². The number of nitrogens with one attached hydrogen (secondary N) is 1. The second-order valence-electron chi connectivity index (χ2n) is 4.48. The van der Waals surface area contributed by atoms with Gasteiger partial charge in [-0.3, -0.25) is 9.59 Å². The van der Waals surface area contributed by atoms with Crippen molar-refractivity contribution in [2.45, 2.75) is 32.3 Å². The Morgan fingerprint density at radius 2 is 2.11 bits per heavy atom. The quantitative estimate of drug-likeness (QED) is 0.691. The predicted molar refractivity (Wildman–Crippen MR) is 64.2 cm³/mol. The van der Waals surface area contributed by atoms with Crippen LogP contribution in [-0.4, -0.2) is 49.5 Å². The molecule has 0 aliphatic carbocycles. The fourth-order valence-electron chi connectivity index (χ4n) is 1.60. The molecule has 0 aromatic carbocycles. The maximum absolute atomic E-state index is 11.4. The van der Waals surface area contributed by atoms with Crippen LogP contribution in [0, 0.1) is 5.92 Å². The van der Waals surface area contributed by atoms with E-state index in [1.165, 1.54) is 0 Å². The Morgan fingerprint density at radius 3 is 2.72 bits per heavy atom. The average molecular weight is 259 g/mol. The molecule has 0 saturated carbocycles. The van der Waals surface area contributed by atoms with E-state index in [1.807, 2.05) is 0 Å². The van der Waals surface area contributed by atoms with Crippen molar-refractivity contribution in [3.63, 3.8) is 0 Å². The summed E-state index contributed by atoms with van der Waals surface area (Å²) in [5.41, 5.74) is 0. The summed E-state index contributed by atoms with van der Waals surface area (Å²) in [6, 6.07) is 0. The molecule has 1 atom stereocenters. The zero-order chi connectivity index (χ0) is 13.4. The molecular weight excluding hydrogens is 238 g/mol. The van der Waals surface area contributed by atoms with Gasteiger partial charge < -0.3 is 19.9 Å². The smallest absolute Gasteiger partial charge is 0.308 e. The highest BCUT2D eigenvalue weighted by atomic mass is 16.5. The summed E-state index contributed by atoms with van der Waals surface area (Å²) in [5.74, 6) is -1.64. The molecule has 1 heterocycles. The Labute approximate surface area is 107 Å². The van der Waals surface area contributed by atoms with Crippen molar-refractivity contribution in [2.24, 2.45) is 5.92 Å². The minimum absolute atomic E-state index is 0.158. The van der Waals surface area contributed by atoms with Crippen LogP contribution in [0.4, 0.5) is 0 Å². The summed E-state index contributed by atoms with van der Waals surface area (Å²) in [4.78, 5) is 21.9. The number of carboxylic acid groups (broad SMARTS) is 1. The molecule has 1 aliphatic heterocycles. The topological polar surface area (TPSA) is 84.9 Å². The predicted octanol–water partition coefficient (Wildman–Crippen LogP) is 0.409. The molecule has 104 valence electrons. The maximum Gasteiger partial charge on any atom is 0.308 e. The standard InChI is InChI=1S/C12H21NO5/c1-9(12(15)16)8-13-11(14)4-7-18-10-2-5-17-6-3-10/h9-10H,2-8H2,1H3,(H,13,14)(H,15,16). The van der Waals surface area contributed by atoms with E-state index in [-0.39, 0.29) is 25.0 Å². The van der Waals surface area contributed by atoms with Crippen molar-refractivity contribution in [3.8, 4) is 0 Å². The van der Waals surface area contributed by atoms with E-state index in [0.717, 1.165) is 12.8 Å². The van der Waals surface area contributed by atoms with E-state index < -0.39 is 11.9 Å². The van der Waals surface area contributed by atoms with Gasteiger partial charge >= 0.3 is 5.97 Å². The summed E-state index contributed by atoms with van der Waals surface area (Å²) < 4.78 is 10.8. The fraction of sp³-hybridized carbons (Fsp3) is 0.833. The number of ether oxygens (including phenoxy) is 2. The number of hydrogen-bond acceptors (Lipinski definition) is 4. The molecule has 1 rings (SSSR count). The number of rotatable bonds is 7. The van der Waals surface area contributed by atoms with Crippen LogP contribution in [0.15, 0.2) is 0 Å². The molecule has 0 aromatic rings. The molecule has 18 heavy (non-hydrogen) atoms. The Morgan fingerprint density at radius 1 is 1.44 bits per heavy atom. The van der Waals surface area contributed by atoms with Gasteiger partial charge in [0.05, 0.1) is 18.6 Å². The van der Waals surface area contributed by atoms with Crippen molar-refractivity contribution >= 4 is 11.9 Å². The van der Waals surface area contributed by atoms with E-state index in [0.29, 0.717) is 19.8 Å². The first-order chi connectivity index (χ1) is 8.59. The number of carbonyl (C=O) groups excluding carboxylic acids is 1. The van der Waals surface area contributed by atoms with Crippen molar-refractivity contribution in [3.05, 3.63) is 0 Å². The van der Waals surface area contributed by atoms with Gasteiger partial charge in [-0.15, -0.1) is 0 Å². The summed E-state index contributed by atoms with van der Waals surface area (Å²) in [6.45, 7) is 3.52. The van der Waals surface area contributed by atoms with E-state index in [9.17, 15) is 9.59 Å². The van der Waals surface area contributed by atoms with Crippen molar-refractivity contribution in [1.29, 1.82) is 0 Å². The second kappa shape index (κ2) is 8.05. The first-order valence-corrected chi connectivity index (χ1v) is 6.28. The largest absolute Gasteiger partial charge is 0.481 e. The van der Waals surface area contributed by atoms with Gasteiger partial charge in [-0.25, -0.2) is 0 Å². The number of amides is 1. The molecule has 1 saturated heterocycles. The van der Waals surface area contributed by atoms with Gasteiger partial charge in [-0.2, -0.15) is 0 Å². The van der Waals surface area contributed by atoms with E-state index in [4.69, 9.17) is 14.6 Å². The minimum Gasteiger partial charge on any atom is -0.481 e. The number of carbonyl (C=O) groups is 2. The molecule has 0 aromatic heterocycles. The molecule has 1 unspecified atom stereocenters. The third kappa shape index (κ3) is 5.97. The Balaban J connectivity index is 2.04. The van der Waals surface area contributed by atoms with Gasteiger partial charge in [0.15, 0.2) is 0 Å². The SMILES string of the molecule is CC(CNC(=O)CCOC1CCOCC1)C(=O)O. The first-order valence-electron chi connectivity index (χ1n) is 6.28. The first kappa shape index (κ1) is 14.9. The Hall–Kier alpha value is -1.14. The molecule has 1 aliphatic rings. The molecular formula is C12H21NO5. The van der Waals surface area contributed by atoms with Gasteiger partial charge in [0.1, 0.15) is 0 Å². The second-order valence-corrected chi connectivity index (χ2v) is 4.48. The zero-order valence-electron chi connectivity index (χ0n) is 10.7. The number of hydrogen-bond donors (Lipinski definition) is 2. The van der Waals surface area contributed by atoms with Crippen LogP contribution in [0.5, 0.6) is 0 Å². The number of aliphatic carboxylic acids is 1. The summed E-state index contributed by atoms with van der Waals surface area (Å²) in [6.07, 6.45) is 2.20. The van der Waals surface area contributed by atoms with Crippen LogP contribution < -0.4 is 5.32 Å². The number of carboxylic acids is 1. The van der Waals surface area contributed by atoms with E-state index in [1.54, 1.807) is 6.92 Å². The van der Waals surface area contributed by atoms with Crippen molar-refractivity contribution in [2.75, 3.05) is 26.4 Å². The lowest BCUT2D eigenvalue weighted by molar-refractivity contribution is -0.141. The van der Waals surface area contributed by atoms with Gasteiger partial charge in [0.2, 0.25) is 5.91 Å². The molecule has 6 heteroatoms. The third-order valence-corrected chi connectivity index (χ3v) is 2.88. The molecule has 1 fully saturated rings. The highest BCUT2D eigenvalue weighted by Gasteiger charge is 2.15.